The molecule has 1 aliphatic rings. The molecule has 0 radical (unpaired) electrons. The molecule has 25 heavy (non-hydrogen) atoms. The zero-order chi connectivity index (χ0) is 17.6. The van der Waals surface area contributed by atoms with Crippen LogP contribution in [0.25, 0.3) is 0 Å². The van der Waals surface area contributed by atoms with Gasteiger partial charge in [-0.1, -0.05) is 42.5 Å². The van der Waals surface area contributed by atoms with Crippen molar-refractivity contribution in [3.8, 4) is 0 Å². The van der Waals surface area contributed by atoms with Crippen molar-refractivity contribution in [1.82, 2.24) is 5.32 Å². The van der Waals surface area contributed by atoms with E-state index >= 15 is 0 Å². The summed E-state index contributed by atoms with van der Waals surface area (Å²) < 4.78 is 0. The number of amides is 2. The summed E-state index contributed by atoms with van der Waals surface area (Å²) >= 11 is 0. The van der Waals surface area contributed by atoms with Gasteiger partial charge in [0.25, 0.3) is 0 Å². The van der Waals surface area contributed by atoms with E-state index in [0.29, 0.717) is 19.4 Å². The van der Waals surface area contributed by atoms with Gasteiger partial charge in [0.15, 0.2) is 0 Å². The van der Waals surface area contributed by atoms with Crippen molar-refractivity contribution in [2.75, 3.05) is 18.0 Å². The number of rotatable bonds is 6. The van der Waals surface area contributed by atoms with Gasteiger partial charge >= 0.3 is 0 Å². The van der Waals surface area contributed by atoms with Crippen LogP contribution >= 0.6 is 0 Å². The van der Waals surface area contributed by atoms with Crippen molar-refractivity contribution in [2.24, 2.45) is 0 Å². The lowest BCUT2D eigenvalue weighted by molar-refractivity contribution is -0.124. The minimum absolute atomic E-state index is 0.00607. The standard InChI is InChI=1S/C20H22N2O3/c23-14-16-7-5-15(6-8-16)11-12-21-19(24)13-22-18-4-2-1-3-17(18)9-10-20(22)25/h1-8,23H,9-14H2,(H,21,24). The number of hydrogen-bond donors (Lipinski definition) is 2. The molecule has 2 aromatic carbocycles. The molecule has 2 amide bonds. The van der Waals surface area contributed by atoms with Gasteiger partial charge in [0, 0.05) is 18.7 Å². The van der Waals surface area contributed by atoms with Crippen LogP contribution in [-0.4, -0.2) is 30.0 Å². The van der Waals surface area contributed by atoms with Crippen LogP contribution in [0.5, 0.6) is 0 Å². The number of aliphatic hydroxyl groups is 1. The normalized spacial score (nSPS) is 13.5. The number of anilines is 1. The SMILES string of the molecule is O=C(CN1C(=O)CCc2ccccc21)NCCc1ccc(CO)cc1. The maximum Gasteiger partial charge on any atom is 0.240 e. The van der Waals surface area contributed by atoms with Crippen LogP contribution in [0.15, 0.2) is 48.5 Å². The Kier molecular flexibility index (Phi) is 5.46. The highest BCUT2D eigenvalue weighted by molar-refractivity contribution is 6.00. The summed E-state index contributed by atoms with van der Waals surface area (Å²) in [4.78, 5) is 26.0. The summed E-state index contributed by atoms with van der Waals surface area (Å²) in [5, 5.41) is 11.9. The number of aliphatic hydroxyl groups excluding tert-OH is 1. The molecule has 130 valence electrons. The first-order chi connectivity index (χ1) is 12.2. The van der Waals surface area contributed by atoms with Gasteiger partial charge < -0.3 is 15.3 Å². The summed E-state index contributed by atoms with van der Waals surface area (Å²) in [5.41, 5.74) is 3.92. The van der Waals surface area contributed by atoms with Crippen LogP contribution in [0.3, 0.4) is 0 Å². The van der Waals surface area contributed by atoms with Gasteiger partial charge in [-0.3, -0.25) is 9.59 Å². The molecule has 0 atom stereocenters. The average molecular weight is 338 g/mol. The predicted octanol–water partition coefficient (Wildman–Crippen LogP) is 1.82. The number of aryl methyl sites for hydroxylation is 1. The fraction of sp³-hybridized carbons (Fsp3) is 0.300. The molecule has 0 unspecified atom stereocenters. The first-order valence-electron chi connectivity index (χ1n) is 8.51. The summed E-state index contributed by atoms with van der Waals surface area (Å²) in [6.07, 6.45) is 1.89. The van der Waals surface area contributed by atoms with Gasteiger partial charge in [-0.15, -0.1) is 0 Å². The van der Waals surface area contributed by atoms with Crippen LogP contribution in [-0.2, 0) is 29.0 Å². The molecule has 1 heterocycles. The maximum absolute atomic E-state index is 12.2. The van der Waals surface area contributed by atoms with Gasteiger partial charge in [-0.2, -0.15) is 0 Å². The van der Waals surface area contributed by atoms with Crippen molar-refractivity contribution in [3.05, 3.63) is 65.2 Å². The minimum atomic E-state index is -0.156. The number of nitrogens with one attached hydrogen (secondary N) is 1. The molecule has 0 fully saturated rings. The first kappa shape index (κ1) is 17.2. The molecular formula is C20H22N2O3. The van der Waals surface area contributed by atoms with E-state index in [4.69, 9.17) is 5.11 Å². The summed E-state index contributed by atoms with van der Waals surface area (Å²) in [5.74, 6) is -0.162. The van der Waals surface area contributed by atoms with Crippen LogP contribution in [0, 0.1) is 0 Å². The highest BCUT2D eigenvalue weighted by Crippen LogP contribution is 2.26. The fourth-order valence-corrected chi connectivity index (χ4v) is 3.03. The van der Waals surface area contributed by atoms with Crippen molar-refractivity contribution in [2.45, 2.75) is 25.9 Å². The lowest BCUT2D eigenvalue weighted by atomic mass is 10.0. The summed E-state index contributed by atoms with van der Waals surface area (Å²) in [6.45, 7) is 0.600. The second-order valence-corrected chi connectivity index (χ2v) is 6.18. The predicted molar refractivity (Wildman–Crippen MR) is 96.2 cm³/mol. The highest BCUT2D eigenvalue weighted by Gasteiger charge is 2.25. The van der Waals surface area contributed by atoms with E-state index < -0.39 is 0 Å². The van der Waals surface area contributed by atoms with Crippen molar-refractivity contribution in [3.63, 3.8) is 0 Å². The Morgan fingerprint density at radius 3 is 2.52 bits per heavy atom. The number of benzene rings is 2. The molecule has 3 rings (SSSR count). The number of para-hydroxylation sites is 1. The van der Waals surface area contributed by atoms with Crippen LogP contribution < -0.4 is 10.2 Å². The lowest BCUT2D eigenvalue weighted by Gasteiger charge is -2.28. The van der Waals surface area contributed by atoms with Crippen molar-refractivity contribution in [1.29, 1.82) is 0 Å². The molecule has 0 saturated carbocycles. The van der Waals surface area contributed by atoms with E-state index in [0.717, 1.165) is 28.8 Å². The Labute approximate surface area is 147 Å². The van der Waals surface area contributed by atoms with E-state index in [1.54, 1.807) is 4.90 Å². The van der Waals surface area contributed by atoms with E-state index in [1.807, 2.05) is 48.5 Å². The molecule has 5 nitrogen and oxygen atoms in total. The van der Waals surface area contributed by atoms with Gasteiger partial charge in [0.05, 0.1) is 6.61 Å². The Bertz CT molecular complexity index is 756. The van der Waals surface area contributed by atoms with Gasteiger partial charge in [-0.25, -0.2) is 0 Å². The minimum Gasteiger partial charge on any atom is -0.392 e. The van der Waals surface area contributed by atoms with E-state index in [9.17, 15) is 9.59 Å². The molecule has 0 spiro atoms. The second kappa shape index (κ2) is 7.94. The fourth-order valence-electron chi connectivity index (χ4n) is 3.03. The topological polar surface area (TPSA) is 69.6 Å². The second-order valence-electron chi connectivity index (χ2n) is 6.18. The molecule has 1 aliphatic heterocycles. The van der Waals surface area contributed by atoms with Crippen LogP contribution in [0.2, 0.25) is 0 Å². The maximum atomic E-state index is 12.2. The number of nitrogens with zero attached hydrogens (tertiary/aromatic N) is 1. The molecule has 2 N–H and O–H groups in total. The quantitative estimate of drug-likeness (QED) is 0.844. The summed E-state index contributed by atoms with van der Waals surface area (Å²) in [7, 11) is 0. The number of hydrogen-bond acceptors (Lipinski definition) is 3. The Morgan fingerprint density at radius 1 is 1.04 bits per heavy atom. The third kappa shape index (κ3) is 4.25. The van der Waals surface area contributed by atoms with Crippen molar-refractivity contribution < 1.29 is 14.7 Å². The number of fused-ring (bicyclic) bond motifs is 1. The van der Waals surface area contributed by atoms with Gasteiger partial charge in [0.1, 0.15) is 6.54 Å². The first-order valence-corrected chi connectivity index (χ1v) is 8.51. The molecule has 0 aromatic heterocycles. The Hall–Kier alpha value is -2.66. The smallest absolute Gasteiger partial charge is 0.240 e. The van der Waals surface area contributed by atoms with E-state index in [-0.39, 0.29) is 25.0 Å². The molecular weight excluding hydrogens is 316 g/mol. The van der Waals surface area contributed by atoms with Crippen molar-refractivity contribution >= 4 is 17.5 Å². The van der Waals surface area contributed by atoms with E-state index in [1.165, 1.54) is 0 Å². The van der Waals surface area contributed by atoms with Crippen LogP contribution in [0.4, 0.5) is 5.69 Å². The Morgan fingerprint density at radius 2 is 1.76 bits per heavy atom. The number of carbonyl (C=O) groups is 2. The van der Waals surface area contributed by atoms with Crippen LogP contribution in [0.1, 0.15) is 23.1 Å². The number of carbonyl (C=O) groups excluding carboxylic acids is 2. The largest absolute Gasteiger partial charge is 0.392 e. The zero-order valence-electron chi connectivity index (χ0n) is 14.1. The lowest BCUT2D eigenvalue weighted by Crippen LogP contribution is -2.43. The third-order valence-electron chi connectivity index (χ3n) is 4.43. The molecule has 0 bridgehead atoms. The van der Waals surface area contributed by atoms with Gasteiger partial charge in [-0.05, 0) is 35.6 Å². The Balaban J connectivity index is 1.53. The van der Waals surface area contributed by atoms with E-state index in [2.05, 4.69) is 5.32 Å². The average Bonchev–Trinajstić information content (AvgIpc) is 2.65. The summed E-state index contributed by atoms with van der Waals surface area (Å²) in [6, 6.07) is 15.4. The highest BCUT2D eigenvalue weighted by atomic mass is 16.3. The molecule has 0 saturated heterocycles. The molecule has 0 aliphatic carbocycles. The monoisotopic (exact) mass is 338 g/mol. The van der Waals surface area contributed by atoms with Gasteiger partial charge in [0.2, 0.25) is 11.8 Å². The third-order valence-corrected chi connectivity index (χ3v) is 4.43. The molecule has 2 aromatic rings. The molecule has 5 heteroatoms. The zero-order valence-corrected chi connectivity index (χ0v) is 14.1.